The number of thioether (sulfide) groups is 1. The van der Waals surface area contributed by atoms with Crippen LogP contribution in [-0.4, -0.2) is 5.12 Å². The molecule has 0 aliphatic heterocycles. The molecule has 0 aromatic heterocycles. The van der Waals surface area contributed by atoms with E-state index >= 15 is 0 Å². The van der Waals surface area contributed by atoms with Gasteiger partial charge in [-0.1, -0.05) is 23.9 Å². The van der Waals surface area contributed by atoms with E-state index in [2.05, 4.69) is 6.07 Å². The fraction of sp³-hybridized carbons (Fsp3) is 0.125. The van der Waals surface area contributed by atoms with Gasteiger partial charge in [0.2, 0.25) is 0 Å². The summed E-state index contributed by atoms with van der Waals surface area (Å²) in [6.07, 6.45) is 0. The Morgan fingerprint density at radius 3 is 3.00 bits per heavy atom. The molecule has 1 radical (unpaired) electrons. The zero-order chi connectivity index (χ0) is 7.40. The van der Waals surface area contributed by atoms with Gasteiger partial charge in [0.25, 0.3) is 0 Å². The molecule has 1 aromatic carbocycles. The fourth-order valence-corrected chi connectivity index (χ4v) is 1.21. The minimum atomic E-state index is 0.111. The van der Waals surface area contributed by atoms with E-state index in [1.807, 2.05) is 18.2 Å². The first-order valence-electron chi connectivity index (χ1n) is 2.93. The molecule has 51 valence electrons. The molecule has 0 atom stereocenters. The fourth-order valence-electron chi connectivity index (χ4n) is 0.606. The second kappa shape index (κ2) is 3.42. The van der Waals surface area contributed by atoms with E-state index in [0.717, 1.165) is 4.90 Å². The minimum absolute atomic E-state index is 0.111. The lowest BCUT2D eigenvalue weighted by Gasteiger charge is -1.92. The molecule has 0 N–H and O–H groups in total. The largest absolute Gasteiger partial charge is 0.287 e. The van der Waals surface area contributed by atoms with E-state index in [4.69, 9.17) is 0 Å². The van der Waals surface area contributed by atoms with Crippen LogP contribution in [-0.2, 0) is 4.79 Å². The van der Waals surface area contributed by atoms with Crippen molar-refractivity contribution in [2.75, 3.05) is 0 Å². The number of carbonyl (C=O) groups excluding carboxylic acids is 1. The van der Waals surface area contributed by atoms with Gasteiger partial charge in [-0.25, -0.2) is 0 Å². The monoisotopic (exact) mass is 151 g/mol. The molecule has 0 aliphatic rings. The van der Waals surface area contributed by atoms with Gasteiger partial charge in [-0.2, -0.15) is 0 Å². The Morgan fingerprint density at radius 2 is 2.50 bits per heavy atom. The molecule has 0 saturated carbocycles. The lowest BCUT2D eigenvalue weighted by Crippen LogP contribution is -1.79. The molecule has 1 rings (SSSR count). The molecular weight excluding hydrogens is 144 g/mol. The zero-order valence-electron chi connectivity index (χ0n) is 5.63. The van der Waals surface area contributed by atoms with E-state index < -0.39 is 0 Å². The predicted molar refractivity (Wildman–Crippen MR) is 41.8 cm³/mol. The molecule has 0 saturated heterocycles. The van der Waals surface area contributed by atoms with E-state index in [9.17, 15) is 4.79 Å². The van der Waals surface area contributed by atoms with Gasteiger partial charge in [0.15, 0.2) is 5.12 Å². The van der Waals surface area contributed by atoms with Crippen molar-refractivity contribution in [2.45, 2.75) is 11.8 Å². The molecule has 0 fully saturated rings. The lowest BCUT2D eigenvalue weighted by atomic mass is 10.4. The van der Waals surface area contributed by atoms with Gasteiger partial charge < -0.3 is 0 Å². The Hall–Kier alpha value is -0.760. The number of carbonyl (C=O) groups is 1. The van der Waals surface area contributed by atoms with E-state index in [1.165, 1.54) is 11.8 Å². The second-order valence-corrected chi connectivity index (χ2v) is 3.08. The highest BCUT2D eigenvalue weighted by Gasteiger charge is 1.94. The van der Waals surface area contributed by atoms with Crippen molar-refractivity contribution < 1.29 is 4.79 Å². The molecule has 0 aliphatic carbocycles. The van der Waals surface area contributed by atoms with Crippen LogP contribution in [0.25, 0.3) is 0 Å². The van der Waals surface area contributed by atoms with Crippen molar-refractivity contribution in [1.82, 2.24) is 0 Å². The normalized spacial score (nSPS) is 9.30. The Morgan fingerprint density at radius 1 is 1.70 bits per heavy atom. The molecule has 1 aromatic rings. The summed E-state index contributed by atoms with van der Waals surface area (Å²) in [6.45, 7) is 1.55. The van der Waals surface area contributed by atoms with Crippen molar-refractivity contribution in [3.8, 4) is 0 Å². The Kier molecular flexibility index (Phi) is 2.51. The van der Waals surface area contributed by atoms with Crippen LogP contribution < -0.4 is 0 Å². The summed E-state index contributed by atoms with van der Waals surface area (Å²) in [6, 6.07) is 10.3. The molecule has 0 amide bonds. The van der Waals surface area contributed by atoms with Crippen LogP contribution in [0.2, 0.25) is 0 Å². The average molecular weight is 151 g/mol. The van der Waals surface area contributed by atoms with Crippen LogP contribution in [0.5, 0.6) is 0 Å². The van der Waals surface area contributed by atoms with Gasteiger partial charge in [-0.05, 0) is 18.2 Å². The van der Waals surface area contributed by atoms with Crippen molar-refractivity contribution in [3.63, 3.8) is 0 Å². The quantitative estimate of drug-likeness (QED) is 0.572. The average Bonchev–Trinajstić information content (AvgIpc) is 1.88. The summed E-state index contributed by atoms with van der Waals surface area (Å²) < 4.78 is 0. The summed E-state index contributed by atoms with van der Waals surface area (Å²) in [4.78, 5) is 11.5. The number of hydrogen-bond donors (Lipinski definition) is 0. The van der Waals surface area contributed by atoms with Crippen LogP contribution in [0.3, 0.4) is 0 Å². The Bertz CT molecular complexity index is 218. The van der Waals surface area contributed by atoms with Crippen LogP contribution >= 0.6 is 11.8 Å². The molecule has 2 heteroatoms. The molecule has 10 heavy (non-hydrogen) atoms. The standard InChI is InChI=1S/C8H7OS/c1-7(9)10-8-5-3-2-4-6-8/h2-3,5-6H,1H3. The highest BCUT2D eigenvalue weighted by Crippen LogP contribution is 2.16. The van der Waals surface area contributed by atoms with Crippen molar-refractivity contribution >= 4 is 16.9 Å². The van der Waals surface area contributed by atoms with E-state index in [0.29, 0.717) is 0 Å². The minimum Gasteiger partial charge on any atom is -0.287 e. The number of hydrogen-bond acceptors (Lipinski definition) is 2. The molecule has 0 spiro atoms. The smallest absolute Gasteiger partial charge is 0.190 e. The first-order valence-corrected chi connectivity index (χ1v) is 3.75. The summed E-state index contributed by atoms with van der Waals surface area (Å²) in [7, 11) is 0. The predicted octanol–water partition coefficient (Wildman–Crippen LogP) is 2.13. The highest BCUT2D eigenvalue weighted by atomic mass is 32.2. The molecule has 0 heterocycles. The third-order valence-corrected chi connectivity index (χ3v) is 1.72. The first-order chi connectivity index (χ1) is 4.79. The summed E-state index contributed by atoms with van der Waals surface area (Å²) in [5, 5.41) is 0.111. The van der Waals surface area contributed by atoms with Crippen LogP contribution in [0.4, 0.5) is 0 Å². The van der Waals surface area contributed by atoms with Gasteiger partial charge in [0.1, 0.15) is 0 Å². The lowest BCUT2D eigenvalue weighted by molar-refractivity contribution is -0.109. The molecule has 1 nitrogen and oxygen atoms in total. The van der Waals surface area contributed by atoms with Gasteiger partial charge in [0, 0.05) is 11.8 Å². The maximum absolute atomic E-state index is 10.6. The summed E-state index contributed by atoms with van der Waals surface area (Å²) in [5.74, 6) is 0. The Balaban J connectivity index is 2.67. The summed E-state index contributed by atoms with van der Waals surface area (Å²) >= 11 is 1.23. The van der Waals surface area contributed by atoms with Crippen molar-refractivity contribution in [3.05, 3.63) is 30.3 Å². The maximum atomic E-state index is 10.6. The zero-order valence-corrected chi connectivity index (χ0v) is 6.44. The van der Waals surface area contributed by atoms with Gasteiger partial charge in [0.05, 0.1) is 0 Å². The third kappa shape index (κ3) is 2.23. The van der Waals surface area contributed by atoms with Gasteiger partial charge in [-0.3, -0.25) is 4.79 Å². The molecule has 0 unspecified atom stereocenters. The maximum Gasteiger partial charge on any atom is 0.190 e. The topological polar surface area (TPSA) is 17.1 Å². The second-order valence-electron chi connectivity index (χ2n) is 1.83. The SMILES string of the molecule is CC(=O)Sc1c[c]ccc1. The van der Waals surface area contributed by atoms with Crippen molar-refractivity contribution in [1.29, 1.82) is 0 Å². The van der Waals surface area contributed by atoms with Gasteiger partial charge >= 0.3 is 0 Å². The van der Waals surface area contributed by atoms with Gasteiger partial charge in [-0.15, -0.1) is 0 Å². The van der Waals surface area contributed by atoms with Crippen LogP contribution in [0.1, 0.15) is 6.92 Å². The number of benzene rings is 1. The molecule has 0 bridgehead atoms. The molecular formula is C8H7OS. The Labute approximate surface area is 64.4 Å². The first kappa shape index (κ1) is 7.35. The van der Waals surface area contributed by atoms with E-state index in [1.54, 1.807) is 13.0 Å². The third-order valence-electron chi connectivity index (χ3n) is 0.940. The summed E-state index contributed by atoms with van der Waals surface area (Å²) in [5.41, 5.74) is 0. The van der Waals surface area contributed by atoms with Crippen LogP contribution in [0.15, 0.2) is 29.2 Å². The van der Waals surface area contributed by atoms with Crippen molar-refractivity contribution in [2.24, 2.45) is 0 Å². The van der Waals surface area contributed by atoms with E-state index in [-0.39, 0.29) is 5.12 Å². The number of rotatable bonds is 1. The van der Waals surface area contributed by atoms with Crippen LogP contribution in [0, 0.1) is 6.07 Å². The highest BCUT2D eigenvalue weighted by molar-refractivity contribution is 8.13.